The monoisotopic (exact) mass is 841 g/mol. The standard InChI is InChI=1S/C23H46BO22P5/c1-2-3-4-5-10-36-47(26,27)37-11-6-12-38-48(28,29)39-13-7-14-40-49(30,31)41-15-8-16-42-50(32,33)43-17-9-18-44-51(34,35)45-20-22-21(25)19-23(24)46-22/h1,21-23,25,34-35H,3-20H2,(H3-,26,27,28,29,30,31,32,33)/p+1. The molecular formula is C23H47BO22P5+. The Kier molecular flexibility index (Phi) is 24.6. The van der Waals surface area contributed by atoms with Crippen molar-refractivity contribution in [3.63, 3.8) is 0 Å². The minimum absolute atomic E-state index is 0.0315. The molecule has 2 radical (unpaired) electrons. The summed E-state index contributed by atoms with van der Waals surface area (Å²) in [5.41, 5.74) is 0. The van der Waals surface area contributed by atoms with Gasteiger partial charge in [0, 0.05) is 12.4 Å². The summed E-state index contributed by atoms with van der Waals surface area (Å²) in [5, 5.41) is 9.71. The van der Waals surface area contributed by atoms with Crippen LogP contribution >= 0.6 is 39.5 Å². The molecule has 1 heterocycles. The third-order valence-corrected chi connectivity index (χ3v) is 10.9. The van der Waals surface area contributed by atoms with E-state index in [4.69, 9.17) is 64.2 Å². The molecule has 0 amide bonds. The highest BCUT2D eigenvalue weighted by atomic mass is 31.2. The molecule has 298 valence electrons. The third-order valence-electron chi connectivity index (χ3n) is 5.82. The fraction of sp³-hybridized carbons (Fsp3) is 0.913. The fourth-order valence-corrected chi connectivity index (χ4v) is 7.41. The van der Waals surface area contributed by atoms with Crippen LogP contribution in [0.25, 0.3) is 0 Å². The number of terminal acetylenes is 1. The van der Waals surface area contributed by atoms with E-state index in [1.807, 2.05) is 0 Å². The molecule has 0 spiro atoms. The minimum atomic E-state index is -4.56. The second kappa shape index (κ2) is 25.4. The SMILES string of the molecule is [B]C1CC(O)C(CO[P+](O)(O)OCCCOP(=O)(O)OCCCOP(=O)(O)OCCCOP(=O)(O)OCCCOP(=O)(O)OCCCCC#C)O1. The maximum Gasteiger partial charge on any atom is 0.570 e. The van der Waals surface area contributed by atoms with Gasteiger partial charge in [0.2, 0.25) is 0 Å². The summed E-state index contributed by atoms with van der Waals surface area (Å²) >= 11 is 0. The number of aliphatic hydroxyl groups excluding tert-OH is 1. The molecule has 22 nitrogen and oxygen atoms in total. The van der Waals surface area contributed by atoms with Crippen LogP contribution in [0, 0.1) is 12.3 Å². The molecule has 51 heavy (non-hydrogen) atoms. The van der Waals surface area contributed by atoms with E-state index in [0.717, 1.165) is 0 Å². The predicted molar refractivity (Wildman–Crippen MR) is 176 cm³/mol. The Hall–Kier alpha value is 0.255. The summed E-state index contributed by atoms with van der Waals surface area (Å²) in [6.45, 7) is -3.52. The lowest BCUT2D eigenvalue weighted by atomic mass is 9.96. The van der Waals surface area contributed by atoms with Crippen molar-refractivity contribution in [2.75, 3.05) is 66.1 Å². The summed E-state index contributed by atoms with van der Waals surface area (Å²) in [5.74, 6) is 2.42. The van der Waals surface area contributed by atoms with Crippen LogP contribution in [0.3, 0.4) is 0 Å². The molecule has 28 heteroatoms. The van der Waals surface area contributed by atoms with Crippen LogP contribution in [0.2, 0.25) is 0 Å². The third kappa shape index (κ3) is 26.7. The van der Waals surface area contributed by atoms with Crippen LogP contribution in [0.5, 0.6) is 0 Å². The van der Waals surface area contributed by atoms with Crippen molar-refractivity contribution >= 4 is 47.3 Å². The van der Waals surface area contributed by atoms with Gasteiger partial charge in [-0.3, -0.25) is 36.2 Å². The molecule has 0 aromatic carbocycles. The van der Waals surface area contributed by atoms with Crippen LogP contribution in [-0.4, -0.2) is 127 Å². The van der Waals surface area contributed by atoms with E-state index in [1.54, 1.807) is 0 Å². The summed E-state index contributed by atoms with van der Waals surface area (Å²) in [6.07, 6.45) is 4.66. The van der Waals surface area contributed by atoms with Crippen molar-refractivity contribution in [2.45, 2.75) is 69.6 Å². The first-order chi connectivity index (χ1) is 23.8. The van der Waals surface area contributed by atoms with Gasteiger partial charge in [-0.15, -0.1) is 12.3 Å². The van der Waals surface area contributed by atoms with Gasteiger partial charge in [-0.25, -0.2) is 18.3 Å². The summed E-state index contributed by atoms with van der Waals surface area (Å²) in [6, 6.07) is -0.706. The number of phosphoric acid groups is 4. The number of rotatable bonds is 32. The van der Waals surface area contributed by atoms with Gasteiger partial charge in [-0.05, 0) is 44.9 Å². The van der Waals surface area contributed by atoms with E-state index in [0.29, 0.717) is 19.3 Å². The van der Waals surface area contributed by atoms with Crippen molar-refractivity contribution in [3.05, 3.63) is 0 Å². The number of phosphoric ester groups is 4. The first-order valence-corrected chi connectivity index (χ1v) is 22.9. The first kappa shape index (κ1) is 49.3. The number of hydrogen-bond acceptors (Lipinski definition) is 18. The molecule has 1 fully saturated rings. The molecular weight excluding hydrogens is 794 g/mol. The molecule has 7 unspecified atom stereocenters. The van der Waals surface area contributed by atoms with Crippen molar-refractivity contribution in [1.29, 1.82) is 0 Å². The molecule has 1 saturated heterocycles. The second-order valence-corrected chi connectivity index (χ2v) is 17.6. The van der Waals surface area contributed by atoms with E-state index in [1.165, 1.54) is 0 Å². The van der Waals surface area contributed by atoms with E-state index in [9.17, 15) is 52.7 Å². The zero-order chi connectivity index (χ0) is 38.4. The van der Waals surface area contributed by atoms with Crippen LogP contribution < -0.4 is 0 Å². The average molecular weight is 841 g/mol. The Balaban J connectivity index is 2.08. The Bertz CT molecular complexity index is 1210. The van der Waals surface area contributed by atoms with Crippen LogP contribution in [0.1, 0.15) is 51.4 Å². The molecule has 0 aromatic heterocycles. The van der Waals surface area contributed by atoms with Crippen molar-refractivity contribution < 1.29 is 103 Å². The van der Waals surface area contributed by atoms with Gasteiger partial charge < -0.3 is 29.4 Å². The average Bonchev–Trinajstić information content (AvgIpc) is 3.35. The summed E-state index contributed by atoms with van der Waals surface area (Å²) < 4.78 is 100.0. The quantitative estimate of drug-likeness (QED) is 0.0221. The van der Waals surface area contributed by atoms with Crippen molar-refractivity contribution in [1.82, 2.24) is 0 Å². The molecule has 0 aromatic rings. The second-order valence-electron chi connectivity index (χ2n) is 10.3. The number of unbranched alkanes of at least 4 members (excludes halogenated alkanes) is 2. The number of ether oxygens (including phenoxy) is 1. The van der Waals surface area contributed by atoms with Gasteiger partial charge in [0.25, 0.3) is 0 Å². The molecule has 1 rings (SSSR count). The van der Waals surface area contributed by atoms with Gasteiger partial charge in [-0.2, -0.15) is 18.8 Å². The van der Waals surface area contributed by atoms with Crippen molar-refractivity contribution in [2.24, 2.45) is 0 Å². The lowest BCUT2D eigenvalue weighted by molar-refractivity contribution is -0.0128. The van der Waals surface area contributed by atoms with Gasteiger partial charge in [-0.1, -0.05) is 0 Å². The maximum absolute atomic E-state index is 11.9. The highest BCUT2D eigenvalue weighted by molar-refractivity contribution is 7.54. The molecule has 1 aliphatic rings. The largest absolute Gasteiger partial charge is 0.570 e. The lowest BCUT2D eigenvalue weighted by Crippen LogP contribution is -2.27. The zero-order valence-corrected chi connectivity index (χ0v) is 32.1. The van der Waals surface area contributed by atoms with Gasteiger partial charge >= 0.3 is 39.5 Å². The number of hydrogen-bond donors (Lipinski definition) is 7. The zero-order valence-electron chi connectivity index (χ0n) is 27.6. The fourth-order valence-electron chi connectivity index (χ4n) is 3.46. The number of aliphatic hydroxyl groups is 1. The molecule has 1 aliphatic heterocycles. The van der Waals surface area contributed by atoms with Crippen LogP contribution in [0.15, 0.2) is 0 Å². The van der Waals surface area contributed by atoms with E-state index in [-0.39, 0.29) is 71.7 Å². The van der Waals surface area contributed by atoms with Gasteiger partial charge in [0.05, 0.1) is 59.0 Å². The van der Waals surface area contributed by atoms with E-state index >= 15 is 0 Å². The van der Waals surface area contributed by atoms with Crippen LogP contribution in [0.4, 0.5) is 0 Å². The van der Waals surface area contributed by atoms with E-state index < -0.39 is 84.1 Å². The molecule has 7 N–H and O–H groups in total. The Morgan fingerprint density at radius 2 is 0.980 bits per heavy atom. The van der Waals surface area contributed by atoms with Crippen molar-refractivity contribution in [3.8, 4) is 12.3 Å². The molecule has 0 aliphatic carbocycles. The van der Waals surface area contributed by atoms with Crippen LogP contribution in [-0.2, 0) is 68.2 Å². The molecule has 0 saturated carbocycles. The highest BCUT2D eigenvalue weighted by Gasteiger charge is 2.43. The Morgan fingerprint density at radius 3 is 1.31 bits per heavy atom. The Morgan fingerprint density at radius 1 is 0.627 bits per heavy atom. The molecule has 7 atom stereocenters. The van der Waals surface area contributed by atoms with Gasteiger partial charge in [0.1, 0.15) is 27.2 Å². The highest BCUT2D eigenvalue weighted by Crippen LogP contribution is 2.53. The smallest absolute Gasteiger partial charge is 0.390 e. The summed E-state index contributed by atoms with van der Waals surface area (Å²) in [7, 11) is -16.7. The maximum atomic E-state index is 11.9. The first-order valence-electron chi connectivity index (χ1n) is 15.4. The lowest BCUT2D eigenvalue weighted by Gasteiger charge is -2.16. The normalized spacial score (nSPS) is 22.8. The topological polar surface area (TPSA) is 311 Å². The minimum Gasteiger partial charge on any atom is -0.390 e. The summed E-state index contributed by atoms with van der Waals surface area (Å²) in [4.78, 5) is 58.2. The van der Waals surface area contributed by atoms with Gasteiger partial charge in [0.15, 0.2) is 0 Å². The predicted octanol–water partition coefficient (Wildman–Crippen LogP) is 2.22. The Labute approximate surface area is 297 Å². The molecule has 0 bridgehead atoms. The van der Waals surface area contributed by atoms with E-state index in [2.05, 4.69) is 5.92 Å².